The maximum absolute atomic E-state index is 14.5. The third kappa shape index (κ3) is 1.72. The molecule has 0 N–H and O–H groups in total. The minimum atomic E-state index is -0.590. The van der Waals surface area contributed by atoms with Crippen LogP contribution < -0.4 is 0 Å². The van der Waals surface area contributed by atoms with Gasteiger partial charge in [-0.15, -0.1) is 0 Å². The molecule has 1 aliphatic heterocycles. The van der Waals surface area contributed by atoms with Crippen LogP contribution in [0.15, 0.2) is 11.1 Å². The number of nitrogens with zero attached hydrogens (tertiary/aromatic N) is 1. The van der Waals surface area contributed by atoms with Gasteiger partial charge in [0.05, 0.1) is 17.6 Å². The van der Waals surface area contributed by atoms with E-state index in [1.54, 1.807) is 12.0 Å². The smallest absolute Gasteiger partial charge is 0.288 e. The molecule has 4 unspecified atom stereocenters. The van der Waals surface area contributed by atoms with Crippen LogP contribution in [0, 0.1) is 33.0 Å². The lowest BCUT2D eigenvalue weighted by Crippen LogP contribution is -2.59. The van der Waals surface area contributed by atoms with Gasteiger partial charge >= 0.3 is 0 Å². The number of amides is 2. The number of hydrogen-bond acceptors (Lipinski definition) is 4. The van der Waals surface area contributed by atoms with E-state index in [-0.39, 0.29) is 50.2 Å². The molecule has 0 spiro atoms. The first-order valence-electron chi connectivity index (χ1n) is 11.5. The molecule has 0 aromatic carbocycles. The van der Waals surface area contributed by atoms with Crippen LogP contribution in [0.3, 0.4) is 0 Å². The van der Waals surface area contributed by atoms with E-state index in [1.165, 1.54) is 22.9 Å². The molecule has 4 fully saturated rings. The van der Waals surface area contributed by atoms with Crippen LogP contribution in [0.4, 0.5) is 4.79 Å². The first-order chi connectivity index (χ1) is 13.8. The fourth-order valence-corrected chi connectivity index (χ4v) is 10.8. The quantitative estimate of drug-likeness (QED) is 0.529. The molecule has 3 saturated carbocycles. The summed E-state index contributed by atoms with van der Waals surface area (Å²) in [6.07, 6.45) is 2.72. The van der Waals surface area contributed by atoms with Gasteiger partial charge in [-0.05, 0) is 49.9 Å². The molecule has 1 heterocycles. The highest BCUT2D eigenvalue weighted by atomic mass is 32.2. The highest BCUT2D eigenvalue weighted by Crippen LogP contribution is 2.79. The van der Waals surface area contributed by atoms with Gasteiger partial charge in [-0.25, -0.2) is 0 Å². The molecule has 7 atom stereocenters. The highest BCUT2D eigenvalue weighted by Gasteiger charge is 2.80. The Kier molecular flexibility index (Phi) is 3.91. The SMILES string of the molecule is CO[C@@H]1CC2CCC1(C(=O)N1C(=O)S[C@@H]3[C@H]1C1(C)C(C)=C(C)C3(C)C1(C)C)C2(C)C. The summed E-state index contributed by atoms with van der Waals surface area (Å²) in [7, 11) is 1.74. The second kappa shape index (κ2) is 5.57. The standard InChI is InChI=1S/C25H37NO3S/c1-13-14(2)24(8)18-17(23(13,7)22(24,5)6)26(20(28)30-18)19(27)25-11-10-15(21(25,3)4)12-16(25)29-9/h15-18H,10-12H2,1-9H3/t15?,16-,17+,18-,23?,24?,25?/m1/s1. The lowest BCUT2D eigenvalue weighted by atomic mass is 9.62. The van der Waals surface area contributed by atoms with Crippen molar-refractivity contribution in [2.75, 3.05) is 7.11 Å². The molecule has 2 amide bonds. The summed E-state index contributed by atoms with van der Waals surface area (Å²) in [4.78, 5) is 29.7. The Labute approximate surface area is 185 Å². The minimum Gasteiger partial charge on any atom is -0.380 e. The number of allylic oxidation sites excluding steroid dienone is 1. The number of fused-ring (bicyclic) bond motifs is 7. The van der Waals surface area contributed by atoms with Gasteiger partial charge in [0.2, 0.25) is 5.91 Å². The zero-order valence-corrected chi connectivity index (χ0v) is 20.8. The van der Waals surface area contributed by atoms with Crippen LogP contribution in [0.2, 0.25) is 0 Å². The van der Waals surface area contributed by atoms with E-state index in [9.17, 15) is 9.59 Å². The molecule has 5 rings (SSSR count). The van der Waals surface area contributed by atoms with Crippen molar-refractivity contribution in [2.45, 2.75) is 92.0 Å². The van der Waals surface area contributed by atoms with Crippen LogP contribution in [0.5, 0.6) is 0 Å². The number of thioether (sulfide) groups is 1. The van der Waals surface area contributed by atoms with Gasteiger partial charge < -0.3 is 4.74 Å². The van der Waals surface area contributed by atoms with Crippen LogP contribution in [-0.4, -0.2) is 40.6 Å². The lowest BCUT2D eigenvalue weighted by Gasteiger charge is -2.47. The molecule has 0 aromatic heterocycles. The normalized spacial score (nSPS) is 50.0. The van der Waals surface area contributed by atoms with Gasteiger partial charge in [0, 0.05) is 23.2 Å². The van der Waals surface area contributed by atoms with E-state index in [4.69, 9.17) is 4.74 Å². The number of ether oxygens (including phenoxy) is 1. The van der Waals surface area contributed by atoms with E-state index in [2.05, 4.69) is 55.4 Å². The van der Waals surface area contributed by atoms with Crippen molar-refractivity contribution in [3.63, 3.8) is 0 Å². The maximum Gasteiger partial charge on any atom is 0.288 e. The summed E-state index contributed by atoms with van der Waals surface area (Å²) in [5.74, 6) is 0.531. The van der Waals surface area contributed by atoms with Crippen LogP contribution in [-0.2, 0) is 9.53 Å². The second-order valence-electron chi connectivity index (χ2n) is 12.1. The van der Waals surface area contributed by atoms with Crippen molar-refractivity contribution in [1.82, 2.24) is 4.90 Å². The molecule has 30 heavy (non-hydrogen) atoms. The predicted molar refractivity (Wildman–Crippen MR) is 120 cm³/mol. The number of rotatable bonds is 2. The molecule has 1 saturated heterocycles. The molecule has 5 heteroatoms. The Bertz CT molecular complexity index is 906. The monoisotopic (exact) mass is 431 g/mol. The molecule has 5 aliphatic rings. The van der Waals surface area contributed by atoms with Gasteiger partial charge in [-0.3, -0.25) is 14.5 Å². The summed E-state index contributed by atoms with van der Waals surface area (Å²) < 4.78 is 5.92. The fraction of sp³-hybridized carbons (Fsp3) is 0.840. The van der Waals surface area contributed by atoms with Gasteiger partial charge in [0.15, 0.2) is 0 Å². The van der Waals surface area contributed by atoms with Crippen molar-refractivity contribution < 1.29 is 14.3 Å². The predicted octanol–water partition coefficient (Wildman–Crippen LogP) is 5.66. The molecule has 4 aliphatic carbocycles. The first kappa shape index (κ1) is 21.1. The van der Waals surface area contributed by atoms with Gasteiger partial charge in [0.25, 0.3) is 5.24 Å². The Morgan fingerprint density at radius 2 is 1.67 bits per heavy atom. The summed E-state index contributed by atoms with van der Waals surface area (Å²) in [5.41, 5.74) is 1.75. The van der Waals surface area contributed by atoms with E-state index in [1.807, 2.05) is 0 Å². The third-order valence-corrected chi connectivity index (χ3v) is 13.2. The number of hydrogen-bond donors (Lipinski definition) is 0. The summed E-state index contributed by atoms with van der Waals surface area (Å²) >= 11 is 1.42. The minimum absolute atomic E-state index is 0.0164. The zero-order valence-electron chi connectivity index (χ0n) is 20.0. The zero-order chi connectivity index (χ0) is 22.2. The highest BCUT2D eigenvalue weighted by molar-refractivity contribution is 8.14. The van der Waals surface area contributed by atoms with Crippen LogP contribution in [0.1, 0.15) is 74.7 Å². The van der Waals surface area contributed by atoms with E-state index >= 15 is 0 Å². The summed E-state index contributed by atoms with van der Waals surface area (Å²) in [6.45, 7) is 18.3. The Hall–Kier alpha value is -0.810. The number of carbonyl (C=O) groups excluding carboxylic acids is 2. The molecule has 4 bridgehead atoms. The summed E-state index contributed by atoms with van der Waals surface area (Å²) in [6, 6.07) is -0.0754. The van der Waals surface area contributed by atoms with E-state index in [0.717, 1.165) is 19.3 Å². The van der Waals surface area contributed by atoms with Crippen LogP contribution >= 0.6 is 11.8 Å². The van der Waals surface area contributed by atoms with Crippen molar-refractivity contribution in [3.05, 3.63) is 11.1 Å². The van der Waals surface area contributed by atoms with Gasteiger partial charge in [0.1, 0.15) is 0 Å². The average molecular weight is 432 g/mol. The molecule has 166 valence electrons. The van der Waals surface area contributed by atoms with Crippen molar-refractivity contribution in [1.29, 1.82) is 0 Å². The van der Waals surface area contributed by atoms with E-state index in [0.29, 0.717) is 5.92 Å². The Morgan fingerprint density at radius 1 is 1.07 bits per heavy atom. The number of methoxy groups -OCH3 is 1. The second-order valence-corrected chi connectivity index (χ2v) is 13.2. The summed E-state index contributed by atoms with van der Waals surface area (Å²) in [5, 5.41) is 0.0811. The molecule has 0 aromatic rings. The third-order valence-electron chi connectivity index (χ3n) is 11.9. The molecule has 0 radical (unpaired) electrons. The lowest BCUT2D eigenvalue weighted by molar-refractivity contribution is -0.156. The van der Waals surface area contributed by atoms with Crippen molar-refractivity contribution in [3.8, 4) is 0 Å². The van der Waals surface area contributed by atoms with Crippen molar-refractivity contribution >= 4 is 22.9 Å². The Balaban J connectivity index is 1.66. The first-order valence-corrected chi connectivity index (χ1v) is 12.4. The number of imide groups is 1. The van der Waals surface area contributed by atoms with Gasteiger partial charge in [-0.2, -0.15) is 0 Å². The van der Waals surface area contributed by atoms with Crippen molar-refractivity contribution in [2.24, 2.45) is 33.0 Å². The molecule has 4 nitrogen and oxygen atoms in total. The fourth-order valence-electron chi connectivity index (χ4n) is 9.03. The largest absolute Gasteiger partial charge is 0.380 e. The number of carbonyl (C=O) groups is 2. The van der Waals surface area contributed by atoms with E-state index < -0.39 is 5.41 Å². The van der Waals surface area contributed by atoms with Crippen LogP contribution in [0.25, 0.3) is 0 Å². The average Bonchev–Trinajstić information content (AvgIpc) is 3.31. The topological polar surface area (TPSA) is 46.6 Å². The Morgan fingerprint density at radius 3 is 2.23 bits per heavy atom. The van der Waals surface area contributed by atoms with Gasteiger partial charge in [-0.1, -0.05) is 64.5 Å². The molecular formula is C25H37NO3S. The molecular weight excluding hydrogens is 394 g/mol. The maximum atomic E-state index is 14.5.